The Labute approximate surface area is 81.3 Å². The standard InChI is InChI=1S/C11H10FNO/c12-8-2-1-7-5-11(14)13(9-3-4-9)10(7)6-8/h1-2,6,9H,3-5H2. The fourth-order valence-corrected chi connectivity index (χ4v) is 2.03. The summed E-state index contributed by atoms with van der Waals surface area (Å²) >= 11 is 0. The van der Waals surface area contributed by atoms with Crippen LogP contribution in [-0.4, -0.2) is 11.9 Å². The number of anilines is 1. The van der Waals surface area contributed by atoms with Crippen molar-refractivity contribution in [3.8, 4) is 0 Å². The molecule has 1 saturated carbocycles. The van der Waals surface area contributed by atoms with Crippen LogP contribution in [-0.2, 0) is 11.2 Å². The van der Waals surface area contributed by atoms with Gasteiger partial charge in [0.15, 0.2) is 0 Å². The predicted molar refractivity (Wildman–Crippen MR) is 50.6 cm³/mol. The Hall–Kier alpha value is -1.38. The molecule has 1 aliphatic heterocycles. The van der Waals surface area contributed by atoms with Crippen LogP contribution < -0.4 is 4.90 Å². The molecule has 0 spiro atoms. The molecule has 1 aromatic carbocycles. The SMILES string of the molecule is O=C1Cc2ccc(F)cc2N1C1CC1. The number of rotatable bonds is 1. The Morgan fingerprint density at radius 3 is 2.86 bits per heavy atom. The van der Waals surface area contributed by atoms with E-state index < -0.39 is 0 Å². The molecule has 1 heterocycles. The highest BCUT2D eigenvalue weighted by Gasteiger charge is 2.38. The molecule has 0 bridgehead atoms. The molecule has 1 aromatic rings. The van der Waals surface area contributed by atoms with E-state index >= 15 is 0 Å². The molecular weight excluding hydrogens is 181 g/mol. The van der Waals surface area contributed by atoms with Crippen molar-refractivity contribution in [1.82, 2.24) is 0 Å². The Morgan fingerprint density at radius 1 is 1.36 bits per heavy atom. The van der Waals surface area contributed by atoms with Crippen LogP contribution in [0.1, 0.15) is 18.4 Å². The Balaban J connectivity index is 2.09. The highest BCUT2D eigenvalue weighted by molar-refractivity contribution is 6.02. The summed E-state index contributed by atoms with van der Waals surface area (Å²) in [4.78, 5) is 13.4. The highest BCUT2D eigenvalue weighted by atomic mass is 19.1. The molecule has 72 valence electrons. The quantitative estimate of drug-likeness (QED) is 0.663. The molecule has 0 N–H and O–H groups in total. The molecule has 1 fully saturated rings. The van der Waals surface area contributed by atoms with E-state index in [0.717, 1.165) is 24.1 Å². The lowest BCUT2D eigenvalue weighted by molar-refractivity contribution is -0.117. The minimum atomic E-state index is -0.260. The molecule has 0 atom stereocenters. The third-order valence-electron chi connectivity index (χ3n) is 2.83. The number of hydrogen-bond donors (Lipinski definition) is 0. The summed E-state index contributed by atoms with van der Waals surface area (Å²) in [7, 11) is 0. The molecule has 0 unspecified atom stereocenters. The van der Waals surface area contributed by atoms with Crippen molar-refractivity contribution in [2.24, 2.45) is 0 Å². The van der Waals surface area contributed by atoms with Gasteiger partial charge in [0.25, 0.3) is 0 Å². The molecule has 1 amide bonds. The smallest absolute Gasteiger partial charge is 0.231 e. The lowest BCUT2D eigenvalue weighted by Crippen LogP contribution is -2.28. The number of fused-ring (bicyclic) bond motifs is 1. The molecule has 1 aliphatic carbocycles. The van der Waals surface area contributed by atoms with Gasteiger partial charge < -0.3 is 4.90 Å². The Morgan fingerprint density at radius 2 is 2.14 bits per heavy atom. The van der Waals surface area contributed by atoms with Crippen molar-refractivity contribution < 1.29 is 9.18 Å². The van der Waals surface area contributed by atoms with E-state index in [-0.39, 0.29) is 11.7 Å². The van der Waals surface area contributed by atoms with Gasteiger partial charge in [0.05, 0.1) is 12.1 Å². The average molecular weight is 191 g/mol. The fourth-order valence-electron chi connectivity index (χ4n) is 2.03. The summed E-state index contributed by atoms with van der Waals surface area (Å²) in [5, 5.41) is 0. The molecule has 3 rings (SSSR count). The van der Waals surface area contributed by atoms with Gasteiger partial charge in [-0.1, -0.05) is 6.07 Å². The topological polar surface area (TPSA) is 20.3 Å². The van der Waals surface area contributed by atoms with Crippen molar-refractivity contribution in [2.75, 3.05) is 4.90 Å². The van der Waals surface area contributed by atoms with Crippen LogP contribution >= 0.6 is 0 Å². The van der Waals surface area contributed by atoms with Crippen molar-refractivity contribution in [1.29, 1.82) is 0 Å². The maximum Gasteiger partial charge on any atom is 0.231 e. The van der Waals surface area contributed by atoms with Gasteiger partial charge in [-0.25, -0.2) is 4.39 Å². The summed E-state index contributed by atoms with van der Waals surface area (Å²) in [5.74, 6) is -0.141. The Bertz CT molecular complexity index is 412. The van der Waals surface area contributed by atoms with Crippen LogP contribution in [0.3, 0.4) is 0 Å². The van der Waals surface area contributed by atoms with Gasteiger partial charge in [-0.05, 0) is 30.5 Å². The second kappa shape index (κ2) is 2.56. The number of benzene rings is 1. The molecule has 0 radical (unpaired) electrons. The highest BCUT2D eigenvalue weighted by Crippen LogP contribution is 2.38. The molecule has 2 nitrogen and oxygen atoms in total. The fraction of sp³-hybridized carbons (Fsp3) is 0.364. The van der Waals surface area contributed by atoms with E-state index in [2.05, 4.69) is 0 Å². The Kier molecular flexibility index (Phi) is 1.46. The van der Waals surface area contributed by atoms with Gasteiger partial charge in [0.2, 0.25) is 5.91 Å². The summed E-state index contributed by atoms with van der Waals surface area (Å²) in [6.07, 6.45) is 2.55. The lowest BCUT2D eigenvalue weighted by atomic mass is 10.1. The minimum Gasteiger partial charge on any atom is -0.309 e. The van der Waals surface area contributed by atoms with Crippen LogP contribution in [0.15, 0.2) is 18.2 Å². The number of nitrogens with zero attached hydrogens (tertiary/aromatic N) is 1. The zero-order valence-corrected chi connectivity index (χ0v) is 7.66. The largest absolute Gasteiger partial charge is 0.309 e. The molecular formula is C11H10FNO. The minimum absolute atomic E-state index is 0.119. The second-order valence-corrected chi connectivity index (χ2v) is 3.94. The van der Waals surface area contributed by atoms with E-state index in [4.69, 9.17) is 0 Å². The number of amides is 1. The van der Waals surface area contributed by atoms with Gasteiger partial charge in [0, 0.05) is 6.04 Å². The number of carbonyl (C=O) groups excluding carboxylic acids is 1. The summed E-state index contributed by atoms with van der Waals surface area (Å²) in [6.45, 7) is 0. The average Bonchev–Trinajstić information content (AvgIpc) is 2.90. The summed E-state index contributed by atoms with van der Waals surface area (Å²) in [6, 6.07) is 4.94. The third-order valence-corrected chi connectivity index (χ3v) is 2.83. The summed E-state index contributed by atoms with van der Waals surface area (Å²) in [5.41, 5.74) is 1.75. The van der Waals surface area contributed by atoms with Crippen LogP contribution in [0, 0.1) is 5.82 Å². The monoisotopic (exact) mass is 191 g/mol. The van der Waals surface area contributed by atoms with Crippen LogP contribution in [0.2, 0.25) is 0 Å². The number of hydrogen-bond acceptors (Lipinski definition) is 1. The summed E-state index contributed by atoms with van der Waals surface area (Å²) < 4.78 is 13.0. The van der Waals surface area contributed by atoms with Crippen molar-refractivity contribution in [3.05, 3.63) is 29.6 Å². The second-order valence-electron chi connectivity index (χ2n) is 3.94. The first-order valence-electron chi connectivity index (χ1n) is 4.86. The van der Waals surface area contributed by atoms with Gasteiger partial charge in [0.1, 0.15) is 5.82 Å². The zero-order chi connectivity index (χ0) is 9.71. The van der Waals surface area contributed by atoms with E-state index in [1.54, 1.807) is 11.0 Å². The third kappa shape index (κ3) is 1.05. The van der Waals surface area contributed by atoms with E-state index in [9.17, 15) is 9.18 Å². The first-order valence-corrected chi connectivity index (χ1v) is 4.86. The molecule has 3 heteroatoms. The van der Waals surface area contributed by atoms with E-state index in [0.29, 0.717) is 12.5 Å². The van der Waals surface area contributed by atoms with Gasteiger partial charge in [-0.2, -0.15) is 0 Å². The van der Waals surface area contributed by atoms with Crippen LogP contribution in [0.25, 0.3) is 0 Å². The van der Waals surface area contributed by atoms with Gasteiger partial charge in [-0.3, -0.25) is 4.79 Å². The zero-order valence-electron chi connectivity index (χ0n) is 7.66. The maximum atomic E-state index is 13.0. The van der Waals surface area contributed by atoms with Crippen molar-refractivity contribution >= 4 is 11.6 Å². The normalized spacial score (nSPS) is 20.1. The molecule has 2 aliphatic rings. The van der Waals surface area contributed by atoms with Crippen molar-refractivity contribution in [2.45, 2.75) is 25.3 Å². The first-order chi connectivity index (χ1) is 6.75. The maximum absolute atomic E-state index is 13.0. The van der Waals surface area contributed by atoms with Crippen LogP contribution in [0.5, 0.6) is 0 Å². The number of halogens is 1. The predicted octanol–water partition coefficient (Wildman–Crippen LogP) is 1.88. The van der Waals surface area contributed by atoms with Gasteiger partial charge in [-0.15, -0.1) is 0 Å². The molecule has 0 saturated heterocycles. The number of carbonyl (C=O) groups is 1. The van der Waals surface area contributed by atoms with E-state index in [1.807, 2.05) is 0 Å². The van der Waals surface area contributed by atoms with Crippen molar-refractivity contribution in [3.63, 3.8) is 0 Å². The lowest BCUT2D eigenvalue weighted by Gasteiger charge is -2.16. The molecule has 0 aromatic heterocycles. The first kappa shape index (κ1) is 7.97. The van der Waals surface area contributed by atoms with Gasteiger partial charge >= 0.3 is 0 Å². The molecule has 14 heavy (non-hydrogen) atoms. The van der Waals surface area contributed by atoms with Crippen LogP contribution in [0.4, 0.5) is 10.1 Å². The van der Waals surface area contributed by atoms with E-state index in [1.165, 1.54) is 12.1 Å².